The molecular formula is C11H12N2O3. The monoisotopic (exact) mass is 220 g/mol. The Morgan fingerprint density at radius 2 is 1.94 bits per heavy atom. The Bertz CT molecular complexity index is 595. The third kappa shape index (κ3) is 1.41. The molecule has 2 aromatic rings. The van der Waals surface area contributed by atoms with Crippen molar-refractivity contribution in [1.29, 1.82) is 0 Å². The van der Waals surface area contributed by atoms with Gasteiger partial charge in [-0.3, -0.25) is 4.57 Å². The van der Waals surface area contributed by atoms with Crippen LogP contribution in [0.5, 0.6) is 0 Å². The molecular weight excluding hydrogens is 208 g/mol. The Labute approximate surface area is 91.9 Å². The van der Waals surface area contributed by atoms with Crippen molar-refractivity contribution in [2.24, 2.45) is 7.05 Å². The number of aryl methyl sites for hydroxylation is 1. The number of imidazole rings is 1. The quantitative estimate of drug-likeness (QED) is 0.728. The number of fused-ring (bicyclic) bond motifs is 1. The lowest BCUT2D eigenvalue weighted by atomic mass is 10.3. The maximum atomic E-state index is 11.8. The van der Waals surface area contributed by atoms with Crippen LogP contribution in [0.15, 0.2) is 29.1 Å². The van der Waals surface area contributed by atoms with E-state index in [0.29, 0.717) is 11.0 Å². The molecule has 0 unspecified atom stereocenters. The molecule has 1 heterocycles. The third-order valence-corrected chi connectivity index (χ3v) is 2.41. The van der Waals surface area contributed by atoms with Crippen LogP contribution in [0, 0.1) is 0 Å². The van der Waals surface area contributed by atoms with Gasteiger partial charge in [0.1, 0.15) is 0 Å². The van der Waals surface area contributed by atoms with Gasteiger partial charge < -0.3 is 4.74 Å². The van der Waals surface area contributed by atoms with E-state index in [-0.39, 0.29) is 12.3 Å². The molecule has 5 heteroatoms. The molecule has 0 saturated heterocycles. The molecule has 1 aromatic carbocycles. The van der Waals surface area contributed by atoms with Gasteiger partial charge in [-0.1, -0.05) is 12.1 Å². The minimum Gasteiger partial charge on any atom is -0.449 e. The molecule has 5 nitrogen and oxygen atoms in total. The Balaban J connectivity index is 2.74. The first-order valence-corrected chi connectivity index (χ1v) is 5.00. The van der Waals surface area contributed by atoms with Crippen molar-refractivity contribution in [3.63, 3.8) is 0 Å². The van der Waals surface area contributed by atoms with Crippen molar-refractivity contribution in [3.05, 3.63) is 34.7 Å². The zero-order chi connectivity index (χ0) is 11.7. The van der Waals surface area contributed by atoms with Crippen molar-refractivity contribution in [3.8, 4) is 0 Å². The molecule has 84 valence electrons. The number of rotatable bonds is 1. The molecule has 0 aliphatic carbocycles. The smallest absolute Gasteiger partial charge is 0.422 e. The first-order chi connectivity index (χ1) is 7.66. The summed E-state index contributed by atoms with van der Waals surface area (Å²) >= 11 is 0. The molecule has 0 aliphatic rings. The number of nitrogens with zero attached hydrogens (tertiary/aromatic N) is 2. The minimum absolute atomic E-state index is 0.245. The summed E-state index contributed by atoms with van der Waals surface area (Å²) < 4.78 is 7.30. The maximum absolute atomic E-state index is 11.8. The fraction of sp³-hybridized carbons (Fsp3) is 0.273. The van der Waals surface area contributed by atoms with E-state index >= 15 is 0 Å². The third-order valence-electron chi connectivity index (χ3n) is 2.41. The van der Waals surface area contributed by atoms with Gasteiger partial charge >= 0.3 is 11.8 Å². The summed E-state index contributed by atoms with van der Waals surface area (Å²) in [6.45, 7) is 1.95. The van der Waals surface area contributed by atoms with Gasteiger partial charge in [0, 0.05) is 7.05 Å². The van der Waals surface area contributed by atoms with Crippen LogP contribution >= 0.6 is 0 Å². The number of carbonyl (C=O) groups excluding carboxylic acids is 1. The lowest BCUT2D eigenvalue weighted by Crippen LogP contribution is -2.28. The van der Waals surface area contributed by atoms with Gasteiger partial charge in [-0.2, -0.15) is 4.57 Å². The molecule has 0 atom stereocenters. The average molecular weight is 220 g/mol. The number of hydrogen-bond acceptors (Lipinski definition) is 3. The molecule has 2 rings (SSSR count). The van der Waals surface area contributed by atoms with Gasteiger partial charge in [0.05, 0.1) is 17.6 Å². The number of benzene rings is 1. The van der Waals surface area contributed by atoms with Crippen molar-refractivity contribution in [1.82, 2.24) is 9.13 Å². The summed E-state index contributed by atoms with van der Waals surface area (Å²) in [6, 6.07) is 7.09. The highest BCUT2D eigenvalue weighted by atomic mass is 16.5. The normalized spacial score (nSPS) is 10.6. The topological polar surface area (TPSA) is 53.2 Å². The lowest BCUT2D eigenvalue weighted by Gasteiger charge is -2.01. The van der Waals surface area contributed by atoms with E-state index in [4.69, 9.17) is 4.74 Å². The number of aromatic nitrogens is 2. The minimum atomic E-state index is -0.635. The molecule has 0 fully saturated rings. The number of ether oxygens (including phenoxy) is 1. The lowest BCUT2D eigenvalue weighted by molar-refractivity contribution is 0.154. The maximum Gasteiger partial charge on any atom is 0.422 e. The van der Waals surface area contributed by atoms with E-state index in [9.17, 15) is 9.59 Å². The van der Waals surface area contributed by atoms with E-state index < -0.39 is 6.09 Å². The van der Waals surface area contributed by atoms with Gasteiger partial charge in [0.25, 0.3) is 0 Å². The SMILES string of the molecule is CCOC(=O)n1c(=O)n(C)c2ccccc21. The van der Waals surface area contributed by atoms with Crippen LogP contribution < -0.4 is 5.69 Å². The number of carbonyl (C=O) groups is 1. The van der Waals surface area contributed by atoms with Crippen LogP contribution in [0.25, 0.3) is 11.0 Å². The molecule has 0 spiro atoms. The molecule has 0 N–H and O–H groups in total. The fourth-order valence-electron chi connectivity index (χ4n) is 1.66. The van der Waals surface area contributed by atoms with E-state index in [2.05, 4.69) is 0 Å². The Morgan fingerprint density at radius 3 is 2.56 bits per heavy atom. The van der Waals surface area contributed by atoms with E-state index in [1.807, 2.05) is 6.07 Å². The van der Waals surface area contributed by atoms with E-state index in [1.54, 1.807) is 32.2 Å². The average Bonchev–Trinajstić information content (AvgIpc) is 2.53. The Hall–Kier alpha value is -2.04. The Morgan fingerprint density at radius 1 is 1.31 bits per heavy atom. The van der Waals surface area contributed by atoms with Crippen LogP contribution in [-0.2, 0) is 11.8 Å². The summed E-state index contributed by atoms with van der Waals surface area (Å²) in [4.78, 5) is 23.4. The second kappa shape index (κ2) is 3.84. The number of para-hydroxylation sites is 2. The van der Waals surface area contributed by atoms with Crippen LogP contribution in [-0.4, -0.2) is 21.8 Å². The first-order valence-electron chi connectivity index (χ1n) is 5.00. The highest BCUT2D eigenvalue weighted by molar-refractivity contribution is 5.86. The van der Waals surface area contributed by atoms with Gasteiger partial charge in [-0.25, -0.2) is 9.59 Å². The largest absolute Gasteiger partial charge is 0.449 e. The van der Waals surface area contributed by atoms with Crippen molar-refractivity contribution >= 4 is 17.1 Å². The molecule has 0 saturated carbocycles. The van der Waals surface area contributed by atoms with E-state index in [0.717, 1.165) is 4.57 Å². The molecule has 0 amide bonds. The zero-order valence-electron chi connectivity index (χ0n) is 9.14. The van der Waals surface area contributed by atoms with Crippen LogP contribution in [0.3, 0.4) is 0 Å². The highest BCUT2D eigenvalue weighted by Gasteiger charge is 2.16. The van der Waals surface area contributed by atoms with Gasteiger partial charge in [0.15, 0.2) is 0 Å². The van der Waals surface area contributed by atoms with Crippen molar-refractivity contribution in [2.75, 3.05) is 6.61 Å². The van der Waals surface area contributed by atoms with Crippen molar-refractivity contribution < 1.29 is 9.53 Å². The van der Waals surface area contributed by atoms with Crippen molar-refractivity contribution in [2.45, 2.75) is 6.92 Å². The standard InChI is InChI=1S/C11H12N2O3/c1-3-16-11(15)13-9-7-5-4-6-8(9)12(2)10(13)14/h4-7H,3H2,1-2H3. The van der Waals surface area contributed by atoms with E-state index in [1.165, 1.54) is 4.57 Å². The summed E-state index contributed by atoms with van der Waals surface area (Å²) in [5.74, 6) is 0. The second-order valence-electron chi connectivity index (χ2n) is 3.36. The zero-order valence-corrected chi connectivity index (χ0v) is 9.14. The summed E-state index contributed by atoms with van der Waals surface area (Å²) in [7, 11) is 1.63. The molecule has 0 aliphatic heterocycles. The van der Waals surface area contributed by atoms with Gasteiger partial charge in [-0.05, 0) is 19.1 Å². The molecule has 1 aromatic heterocycles. The summed E-state index contributed by atoms with van der Waals surface area (Å²) in [6.07, 6.45) is -0.635. The van der Waals surface area contributed by atoms with Gasteiger partial charge in [0.2, 0.25) is 0 Å². The highest BCUT2D eigenvalue weighted by Crippen LogP contribution is 2.11. The van der Waals surface area contributed by atoms with Crippen LogP contribution in [0.2, 0.25) is 0 Å². The number of hydrogen-bond donors (Lipinski definition) is 0. The van der Waals surface area contributed by atoms with Crippen LogP contribution in [0.1, 0.15) is 6.92 Å². The fourth-order valence-corrected chi connectivity index (χ4v) is 1.66. The van der Waals surface area contributed by atoms with Crippen LogP contribution in [0.4, 0.5) is 4.79 Å². The van der Waals surface area contributed by atoms with Gasteiger partial charge in [-0.15, -0.1) is 0 Å². The first kappa shape index (κ1) is 10.5. The molecule has 0 radical (unpaired) electrons. The second-order valence-corrected chi connectivity index (χ2v) is 3.36. The summed E-state index contributed by atoms with van der Waals surface area (Å²) in [5, 5.41) is 0. The predicted molar refractivity (Wildman–Crippen MR) is 59.6 cm³/mol. The molecule has 0 bridgehead atoms. The predicted octanol–water partition coefficient (Wildman–Crippen LogP) is 1.34. The Kier molecular flexibility index (Phi) is 2.52. The summed E-state index contributed by atoms with van der Waals surface area (Å²) in [5.41, 5.74) is 0.883. The molecule has 16 heavy (non-hydrogen) atoms.